The summed E-state index contributed by atoms with van der Waals surface area (Å²) in [6.45, 7) is 15.1. The Morgan fingerprint density at radius 2 is 1.92 bits per heavy atom. The highest BCUT2D eigenvalue weighted by atomic mass is 16.5. The second kappa shape index (κ2) is 5.96. The summed E-state index contributed by atoms with van der Waals surface area (Å²) in [6.07, 6.45) is 6.36. The molecule has 3 heteroatoms. The molecule has 3 aliphatic rings. The standard InChI is InChI=1S/C22H34O3/c1-7-20(5)12-13-21(6)14(2)8-10-22(11-9-17(24)18(21)22)15(3)19(20)25-16(4)23/h14,18-19H,3,7-13H2,1-2,4-6H3/t14-,18+,19+,20-,21-,22+/m1/s1. The largest absolute Gasteiger partial charge is 0.457 e. The molecule has 3 fully saturated rings. The lowest BCUT2D eigenvalue weighted by molar-refractivity contribution is -0.157. The van der Waals surface area contributed by atoms with Crippen LogP contribution in [-0.4, -0.2) is 17.9 Å². The number of ether oxygens (including phenoxy) is 1. The monoisotopic (exact) mass is 346 g/mol. The van der Waals surface area contributed by atoms with Gasteiger partial charge in [0.1, 0.15) is 11.9 Å². The molecule has 6 atom stereocenters. The van der Waals surface area contributed by atoms with Gasteiger partial charge in [-0.1, -0.05) is 34.3 Å². The second-order valence-electron chi connectivity index (χ2n) is 9.52. The highest BCUT2D eigenvalue weighted by Gasteiger charge is 2.64. The van der Waals surface area contributed by atoms with Crippen molar-refractivity contribution in [1.29, 1.82) is 0 Å². The zero-order valence-electron chi connectivity index (χ0n) is 16.6. The van der Waals surface area contributed by atoms with Crippen LogP contribution in [0.2, 0.25) is 0 Å². The zero-order chi connectivity index (χ0) is 18.6. The lowest BCUT2D eigenvalue weighted by Crippen LogP contribution is -2.55. The Morgan fingerprint density at radius 1 is 1.24 bits per heavy atom. The van der Waals surface area contributed by atoms with E-state index < -0.39 is 0 Å². The number of Topliss-reactive ketones (excluding diaryl/α,β-unsaturated/α-hetero) is 1. The van der Waals surface area contributed by atoms with Crippen LogP contribution in [0.5, 0.6) is 0 Å². The molecule has 0 unspecified atom stereocenters. The second-order valence-corrected chi connectivity index (χ2v) is 9.52. The van der Waals surface area contributed by atoms with Crippen molar-refractivity contribution in [3.8, 4) is 0 Å². The summed E-state index contributed by atoms with van der Waals surface area (Å²) in [4.78, 5) is 24.9. The highest BCUT2D eigenvalue weighted by molar-refractivity contribution is 5.86. The lowest BCUT2D eigenvalue weighted by atomic mass is 9.46. The quantitative estimate of drug-likeness (QED) is 0.517. The molecular weight excluding hydrogens is 312 g/mol. The Bertz CT molecular complexity index is 608. The fraction of sp³-hybridized carbons (Fsp3) is 0.818. The summed E-state index contributed by atoms with van der Waals surface area (Å²) >= 11 is 0. The van der Waals surface area contributed by atoms with Gasteiger partial charge < -0.3 is 4.74 Å². The van der Waals surface area contributed by atoms with Gasteiger partial charge in [-0.3, -0.25) is 9.59 Å². The number of carbonyl (C=O) groups excluding carboxylic acids is 2. The predicted molar refractivity (Wildman–Crippen MR) is 99.0 cm³/mol. The molecule has 3 rings (SSSR count). The third kappa shape index (κ3) is 2.52. The van der Waals surface area contributed by atoms with Crippen molar-refractivity contribution in [2.45, 2.75) is 85.7 Å². The maximum absolute atomic E-state index is 13.0. The van der Waals surface area contributed by atoms with Crippen LogP contribution in [-0.2, 0) is 14.3 Å². The minimum Gasteiger partial charge on any atom is -0.457 e. The van der Waals surface area contributed by atoms with Gasteiger partial charge in [-0.25, -0.2) is 0 Å². The summed E-state index contributed by atoms with van der Waals surface area (Å²) in [7, 11) is 0. The molecule has 0 aromatic carbocycles. The molecule has 2 bridgehead atoms. The Morgan fingerprint density at radius 3 is 2.52 bits per heavy atom. The van der Waals surface area contributed by atoms with E-state index in [4.69, 9.17) is 4.74 Å². The molecule has 0 heterocycles. The average molecular weight is 347 g/mol. The van der Waals surface area contributed by atoms with E-state index in [0.29, 0.717) is 18.1 Å². The van der Waals surface area contributed by atoms with Crippen LogP contribution in [0, 0.1) is 28.1 Å². The van der Waals surface area contributed by atoms with Gasteiger partial charge in [0.2, 0.25) is 0 Å². The molecule has 3 saturated carbocycles. The lowest BCUT2D eigenvalue weighted by Gasteiger charge is -2.58. The molecule has 0 radical (unpaired) electrons. The van der Waals surface area contributed by atoms with Gasteiger partial charge in [-0.15, -0.1) is 0 Å². The van der Waals surface area contributed by atoms with E-state index in [1.165, 1.54) is 6.92 Å². The number of carbonyl (C=O) groups is 2. The van der Waals surface area contributed by atoms with Gasteiger partial charge in [0.05, 0.1) is 0 Å². The summed E-state index contributed by atoms with van der Waals surface area (Å²) in [6, 6.07) is 0. The van der Waals surface area contributed by atoms with Crippen molar-refractivity contribution in [3.05, 3.63) is 12.2 Å². The van der Waals surface area contributed by atoms with Gasteiger partial charge in [0, 0.05) is 30.1 Å². The van der Waals surface area contributed by atoms with Crippen LogP contribution in [0.4, 0.5) is 0 Å². The average Bonchev–Trinajstić information content (AvgIpc) is 2.92. The van der Waals surface area contributed by atoms with E-state index in [9.17, 15) is 9.59 Å². The molecule has 0 aromatic rings. The summed E-state index contributed by atoms with van der Waals surface area (Å²) in [5.74, 6) is 0.773. The Hall–Kier alpha value is -1.12. The molecule has 0 aliphatic heterocycles. The third-order valence-corrected chi connectivity index (χ3v) is 8.42. The predicted octanol–water partition coefficient (Wildman–Crippen LogP) is 5.09. The van der Waals surface area contributed by atoms with Gasteiger partial charge >= 0.3 is 5.97 Å². The molecule has 140 valence electrons. The van der Waals surface area contributed by atoms with E-state index in [1.807, 2.05) is 0 Å². The maximum atomic E-state index is 13.0. The van der Waals surface area contributed by atoms with Crippen LogP contribution in [0.25, 0.3) is 0 Å². The van der Waals surface area contributed by atoms with Crippen molar-refractivity contribution in [2.24, 2.45) is 28.1 Å². The number of rotatable bonds is 2. The molecule has 25 heavy (non-hydrogen) atoms. The minimum absolute atomic E-state index is 0.0341. The molecule has 0 aromatic heterocycles. The van der Waals surface area contributed by atoms with Crippen molar-refractivity contribution in [3.63, 3.8) is 0 Å². The molecule has 3 nitrogen and oxygen atoms in total. The van der Waals surface area contributed by atoms with E-state index in [0.717, 1.165) is 44.1 Å². The van der Waals surface area contributed by atoms with Crippen molar-refractivity contribution in [1.82, 2.24) is 0 Å². The summed E-state index contributed by atoms with van der Waals surface area (Å²) < 4.78 is 5.89. The first-order chi connectivity index (χ1) is 11.6. The summed E-state index contributed by atoms with van der Waals surface area (Å²) in [5.41, 5.74) is 0.785. The fourth-order valence-electron chi connectivity index (χ4n) is 6.31. The van der Waals surface area contributed by atoms with Gasteiger partial charge in [0.25, 0.3) is 0 Å². The first-order valence-corrected chi connectivity index (χ1v) is 10.00. The van der Waals surface area contributed by atoms with Crippen LogP contribution in [0.1, 0.15) is 79.6 Å². The van der Waals surface area contributed by atoms with E-state index >= 15 is 0 Å². The molecule has 0 amide bonds. The van der Waals surface area contributed by atoms with Crippen LogP contribution in [0.15, 0.2) is 12.2 Å². The van der Waals surface area contributed by atoms with Crippen LogP contribution in [0.3, 0.4) is 0 Å². The first-order valence-electron chi connectivity index (χ1n) is 10.00. The van der Waals surface area contributed by atoms with E-state index in [-0.39, 0.29) is 34.2 Å². The number of hydrogen-bond acceptors (Lipinski definition) is 3. The molecule has 0 N–H and O–H groups in total. The van der Waals surface area contributed by atoms with E-state index in [1.54, 1.807) is 0 Å². The Balaban J connectivity index is 2.15. The molecular formula is C22H34O3. The number of ketones is 1. The molecule has 0 saturated heterocycles. The van der Waals surface area contributed by atoms with Crippen molar-refractivity contribution >= 4 is 11.8 Å². The zero-order valence-corrected chi connectivity index (χ0v) is 16.6. The van der Waals surface area contributed by atoms with Crippen molar-refractivity contribution < 1.29 is 14.3 Å². The topological polar surface area (TPSA) is 43.4 Å². The van der Waals surface area contributed by atoms with Crippen LogP contribution < -0.4 is 0 Å². The summed E-state index contributed by atoms with van der Waals surface area (Å²) in [5, 5.41) is 0. The Kier molecular flexibility index (Phi) is 4.45. The SMILES string of the molecule is C=C1[C@H](OC(C)=O)[C@](C)(CC)CC[C@]2(C)[C@H](C)CC[C@]13CCC(=O)[C@H]32. The number of esters is 1. The van der Waals surface area contributed by atoms with Gasteiger partial charge in [-0.2, -0.15) is 0 Å². The fourth-order valence-corrected chi connectivity index (χ4v) is 6.31. The Labute approximate surface area is 152 Å². The van der Waals surface area contributed by atoms with E-state index in [2.05, 4.69) is 34.3 Å². The molecule has 0 spiro atoms. The van der Waals surface area contributed by atoms with Crippen LogP contribution >= 0.6 is 0 Å². The maximum Gasteiger partial charge on any atom is 0.303 e. The number of hydrogen-bond donors (Lipinski definition) is 0. The first kappa shape index (κ1) is 18.7. The minimum atomic E-state index is -0.277. The molecule has 3 aliphatic carbocycles. The van der Waals surface area contributed by atoms with Gasteiger partial charge in [-0.05, 0) is 55.4 Å². The van der Waals surface area contributed by atoms with Gasteiger partial charge in [0.15, 0.2) is 0 Å². The highest BCUT2D eigenvalue weighted by Crippen LogP contribution is 2.67. The normalized spacial score (nSPS) is 47.0. The van der Waals surface area contributed by atoms with Crippen molar-refractivity contribution in [2.75, 3.05) is 0 Å². The third-order valence-electron chi connectivity index (χ3n) is 8.42. The smallest absolute Gasteiger partial charge is 0.303 e.